The summed E-state index contributed by atoms with van der Waals surface area (Å²) >= 11 is 0. The zero-order valence-electron chi connectivity index (χ0n) is 25.6. The number of hydrogen-bond donors (Lipinski definition) is 1. The lowest BCUT2D eigenvalue weighted by Gasteiger charge is -2.62. The minimum Gasteiger partial charge on any atom is -0.453 e. The summed E-state index contributed by atoms with van der Waals surface area (Å²) in [6.07, 6.45) is 4.60. The van der Waals surface area contributed by atoms with E-state index in [2.05, 4.69) is 20.8 Å². The van der Waals surface area contributed by atoms with Gasteiger partial charge in [-0.15, -0.1) is 0 Å². The van der Waals surface area contributed by atoms with Crippen LogP contribution in [-0.4, -0.2) is 41.7 Å². The Morgan fingerprint density at radius 2 is 1.74 bits per heavy atom. The Morgan fingerprint density at radius 3 is 2.43 bits per heavy atom. The summed E-state index contributed by atoms with van der Waals surface area (Å²) < 4.78 is 53.1. The molecule has 1 heterocycles. The molecular formula is C35H49F3O4. The first-order chi connectivity index (χ1) is 19.8. The lowest BCUT2D eigenvalue weighted by molar-refractivity contribution is -0.290. The van der Waals surface area contributed by atoms with Crippen LogP contribution in [0.25, 0.3) is 0 Å². The number of aliphatic hydroxyl groups is 1. The molecule has 1 aromatic rings. The van der Waals surface area contributed by atoms with Gasteiger partial charge in [0.1, 0.15) is 5.60 Å². The molecule has 0 unspecified atom stereocenters. The summed E-state index contributed by atoms with van der Waals surface area (Å²) in [4.78, 5) is 12.9. The van der Waals surface area contributed by atoms with E-state index >= 15 is 0 Å². The molecule has 5 aliphatic rings. The highest BCUT2D eigenvalue weighted by atomic mass is 19.4. The molecule has 1 aliphatic heterocycles. The second kappa shape index (κ2) is 10.8. The molecule has 0 radical (unpaired) electrons. The van der Waals surface area contributed by atoms with Crippen LogP contribution in [0.5, 0.6) is 0 Å². The van der Waals surface area contributed by atoms with Crippen molar-refractivity contribution in [1.29, 1.82) is 0 Å². The van der Waals surface area contributed by atoms with Crippen molar-refractivity contribution >= 4 is 5.97 Å². The summed E-state index contributed by atoms with van der Waals surface area (Å²) in [5.74, 6) is 2.40. The Bertz CT molecular complexity index is 1130. The van der Waals surface area contributed by atoms with Crippen LogP contribution >= 0.6 is 0 Å². The summed E-state index contributed by atoms with van der Waals surface area (Å²) in [7, 11) is 0. The van der Waals surface area contributed by atoms with E-state index in [1.165, 1.54) is 12.8 Å². The zero-order chi connectivity index (χ0) is 30.0. The van der Waals surface area contributed by atoms with Crippen molar-refractivity contribution in [3.63, 3.8) is 0 Å². The first-order valence-corrected chi connectivity index (χ1v) is 16.5. The second-order valence-electron chi connectivity index (χ2n) is 15.4. The van der Waals surface area contributed by atoms with Crippen LogP contribution < -0.4 is 0 Å². The Balaban J connectivity index is 1.11. The molecule has 0 spiro atoms. The Labute approximate surface area is 249 Å². The summed E-state index contributed by atoms with van der Waals surface area (Å²) in [6, 6.07) is 9.19. The van der Waals surface area contributed by atoms with Crippen molar-refractivity contribution in [1.82, 2.24) is 0 Å². The molecule has 4 saturated carbocycles. The summed E-state index contributed by atoms with van der Waals surface area (Å²) in [5, 5.41) is 10.5. The fourth-order valence-corrected chi connectivity index (χ4v) is 10.9. The molecular weight excluding hydrogens is 541 g/mol. The van der Waals surface area contributed by atoms with Gasteiger partial charge in [-0.2, -0.15) is 13.2 Å². The first kappa shape index (κ1) is 30.4. The van der Waals surface area contributed by atoms with E-state index in [1.54, 1.807) is 12.1 Å². The van der Waals surface area contributed by atoms with Gasteiger partial charge < -0.3 is 14.6 Å². The predicted octanol–water partition coefficient (Wildman–Crippen LogP) is 8.37. The molecule has 7 heteroatoms. The van der Waals surface area contributed by atoms with Crippen LogP contribution in [0.1, 0.15) is 108 Å². The number of hydrogen-bond acceptors (Lipinski definition) is 4. The maximum Gasteiger partial charge on any atom is 0.417 e. The fourth-order valence-electron chi connectivity index (χ4n) is 10.9. The first-order valence-electron chi connectivity index (χ1n) is 16.5. The minimum atomic E-state index is -4.55. The second-order valence-corrected chi connectivity index (χ2v) is 15.4. The van der Waals surface area contributed by atoms with Gasteiger partial charge in [0.15, 0.2) is 5.60 Å². The normalized spacial score (nSPS) is 44.1. The van der Waals surface area contributed by atoms with E-state index in [0.717, 1.165) is 44.9 Å². The van der Waals surface area contributed by atoms with Crippen molar-refractivity contribution in [3.8, 4) is 0 Å². The molecule has 6 rings (SSSR count). The average Bonchev–Trinajstić information content (AvgIpc) is 3.56. The van der Waals surface area contributed by atoms with Gasteiger partial charge in [-0.3, -0.25) is 0 Å². The van der Waals surface area contributed by atoms with Gasteiger partial charge in [0, 0.05) is 6.42 Å². The molecule has 5 fully saturated rings. The average molecular weight is 591 g/mol. The molecule has 10 atom stereocenters. The highest BCUT2D eigenvalue weighted by molar-refractivity contribution is 5.89. The molecule has 0 amide bonds. The third-order valence-electron chi connectivity index (χ3n) is 13.5. The largest absolute Gasteiger partial charge is 0.453 e. The summed E-state index contributed by atoms with van der Waals surface area (Å²) in [6.45, 7) is 8.20. The minimum absolute atomic E-state index is 0.0528. The molecule has 1 N–H and O–H groups in total. The Morgan fingerprint density at radius 1 is 1.00 bits per heavy atom. The van der Waals surface area contributed by atoms with Crippen LogP contribution in [-0.2, 0) is 9.47 Å². The number of ether oxygens (including phenoxy) is 2. The van der Waals surface area contributed by atoms with E-state index in [0.29, 0.717) is 54.8 Å². The maximum atomic E-state index is 13.7. The van der Waals surface area contributed by atoms with Crippen LogP contribution in [0, 0.1) is 46.3 Å². The van der Waals surface area contributed by atoms with Gasteiger partial charge >= 0.3 is 12.1 Å². The van der Waals surface area contributed by atoms with Crippen molar-refractivity contribution < 1.29 is 32.5 Å². The lowest BCUT2D eigenvalue weighted by atomic mass is 9.43. The number of benzene rings is 1. The van der Waals surface area contributed by atoms with Crippen molar-refractivity contribution in [3.05, 3.63) is 35.9 Å². The number of fused-ring (bicyclic) bond motifs is 5. The van der Waals surface area contributed by atoms with E-state index in [4.69, 9.17) is 9.47 Å². The lowest BCUT2D eigenvalue weighted by Crippen LogP contribution is -2.59. The van der Waals surface area contributed by atoms with Crippen LogP contribution in [0.3, 0.4) is 0 Å². The van der Waals surface area contributed by atoms with Gasteiger partial charge in [0.2, 0.25) is 0 Å². The van der Waals surface area contributed by atoms with Gasteiger partial charge in [-0.05, 0) is 129 Å². The molecule has 42 heavy (non-hydrogen) atoms. The quantitative estimate of drug-likeness (QED) is 0.338. The maximum absolute atomic E-state index is 13.7. The van der Waals surface area contributed by atoms with Crippen LogP contribution in [0.4, 0.5) is 13.2 Å². The SMILES string of the molecule is C[C@H](CC[C@]1(OC(=O)c2ccccc2)CCOC1)[C@H]1CC[C@H]2[C@@H]3CC[C@H]4C[C@](O)(C(F)(F)F)CC[C@]4(C)[C@H]3CC[C@]12C. The van der Waals surface area contributed by atoms with E-state index in [1.807, 2.05) is 18.2 Å². The number of rotatable bonds is 6. The fraction of sp³-hybridized carbons (Fsp3) is 0.800. The van der Waals surface area contributed by atoms with Crippen molar-refractivity contribution in [2.24, 2.45) is 46.3 Å². The van der Waals surface area contributed by atoms with E-state index in [-0.39, 0.29) is 35.6 Å². The molecule has 234 valence electrons. The molecule has 4 aliphatic carbocycles. The van der Waals surface area contributed by atoms with Gasteiger partial charge in [0.25, 0.3) is 0 Å². The number of carbonyl (C=O) groups is 1. The van der Waals surface area contributed by atoms with E-state index < -0.39 is 17.4 Å². The Kier molecular flexibility index (Phi) is 7.81. The van der Waals surface area contributed by atoms with Crippen molar-refractivity contribution in [2.45, 2.75) is 115 Å². The number of carbonyl (C=O) groups excluding carboxylic acids is 1. The van der Waals surface area contributed by atoms with Crippen LogP contribution in [0.15, 0.2) is 30.3 Å². The van der Waals surface area contributed by atoms with Crippen LogP contribution in [0.2, 0.25) is 0 Å². The van der Waals surface area contributed by atoms with Gasteiger partial charge in [-0.25, -0.2) is 4.79 Å². The topological polar surface area (TPSA) is 55.8 Å². The Hall–Kier alpha value is -1.60. The zero-order valence-corrected chi connectivity index (χ0v) is 25.6. The standard InChI is InChI=1S/C35H49F3O4/c1-23(13-16-33(19-20-41-22-33)42-30(39)24-7-5-4-6-8-24)27-11-12-28-26-10-9-25-21-34(40,35(36,37)38)18-17-31(25,2)29(26)14-15-32(27,28)3/h4-8,23,25-29,40H,9-22H2,1-3H3/t23-,25+,26+,27-,28+,29+,31+,32-,33+,34+/m1/s1. The number of esters is 1. The van der Waals surface area contributed by atoms with E-state index in [9.17, 15) is 23.1 Å². The number of halogens is 3. The molecule has 0 aromatic heterocycles. The molecule has 1 saturated heterocycles. The smallest absolute Gasteiger partial charge is 0.417 e. The van der Waals surface area contributed by atoms with Gasteiger partial charge in [-0.1, -0.05) is 39.0 Å². The predicted molar refractivity (Wildman–Crippen MR) is 155 cm³/mol. The highest BCUT2D eigenvalue weighted by Gasteiger charge is 2.65. The monoisotopic (exact) mass is 590 g/mol. The molecule has 1 aromatic carbocycles. The summed E-state index contributed by atoms with van der Waals surface area (Å²) in [5.41, 5.74) is -2.37. The van der Waals surface area contributed by atoms with Crippen molar-refractivity contribution in [2.75, 3.05) is 13.2 Å². The molecule has 0 bridgehead atoms. The highest BCUT2D eigenvalue weighted by Crippen LogP contribution is 2.69. The third-order valence-corrected chi connectivity index (χ3v) is 13.5. The number of alkyl halides is 3. The third kappa shape index (κ3) is 5.02. The molecule has 4 nitrogen and oxygen atoms in total. The van der Waals surface area contributed by atoms with Gasteiger partial charge in [0.05, 0.1) is 18.8 Å².